The topological polar surface area (TPSA) is 77.2 Å². The lowest BCUT2D eigenvalue weighted by atomic mass is 10.0. The summed E-state index contributed by atoms with van der Waals surface area (Å²) >= 11 is 3.31. The fourth-order valence-electron chi connectivity index (χ4n) is 1.70. The summed E-state index contributed by atoms with van der Waals surface area (Å²) < 4.78 is 5.94. The van der Waals surface area contributed by atoms with E-state index in [0.29, 0.717) is 18.9 Å². The number of pyridine rings is 1. The summed E-state index contributed by atoms with van der Waals surface area (Å²) in [6.45, 7) is 2.74. The van der Waals surface area contributed by atoms with Crippen LogP contribution >= 0.6 is 15.9 Å². The van der Waals surface area contributed by atoms with Crippen LogP contribution in [0.3, 0.4) is 0 Å². The first-order valence-corrected chi connectivity index (χ1v) is 6.13. The van der Waals surface area contributed by atoms with Gasteiger partial charge in [-0.25, -0.2) is 4.98 Å². The van der Waals surface area contributed by atoms with E-state index in [1.54, 1.807) is 6.20 Å². The summed E-state index contributed by atoms with van der Waals surface area (Å²) in [5.74, 6) is -0.391. The molecule has 1 saturated heterocycles. The van der Waals surface area contributed by atoms with Crippen LogP contribution in [0.5, 0.6) is 0 Å². The number of rotatable bonds is 2. The van der Waals surface area contributed by atoms with Crippen LogP contribution in [-0.4, -0.2) is 30.1 Å². The third kappa shape index (κ3) is 2.83. The number of nitrogens with two attached hydrogens (primary N) is 1. The minimum absolute atomic E-state index is 0.112. The fraction of sp³-hybridized carbons (Fsp3) is 0.455. The van der Waals surface area contributed by atoms with E-state index in [4.69, 9.17) is 10.5 Å². The Hall–Kier alpha value is -0.980. The Morgan fingerprint density at radius 3 is 3.00 bits per heavy atom. The Bertz CT molecular complexity index is 439. The summed E-state index contributed by atoms with van der Waals surface area (Å²) in [5, 5.41) is 2.80. The highest BCUT2D eigenvalue weighted by Crippen LogP contribution is 2.19. The van der Waals surface area contributed by atoms with Gasteiger partial charge in [0.25, 0.3) is 0 Å². The van der Waals surface area contributed by atoms with Gasteiger partial charge in [-0.1, -0.05) is 0 Å². The lowest BCUT2D eigenvalue weighted by molar-refractivity contribution is -0.120. The molecule has 1 aliphatic rings. The van der Waals surface area contributed by atoms with Crippen molar-refractivity contribution < 1.29 is 9.53 Å². The predicted molar refractivity (Wildman–Crippen MR) is 67.6 cm³/mol. The number of halogens is 1. The van der Waals surface area contributed by atoms with Crippen molar-refractivity contribution in [2.75, 3.05) is 18.5 Å². The Morgan fingerprint density at radius 2 is 2.41 bits per heavy atom. The van der Waals surface area contributed by atoms with E-state index in [2.05, 4.69) is 26.2 Å². The molecular weight excluding hydrogens is 286 g/mol. The number of ether oxygens (including phenoxy) is 1. The lowest BCUT2D eigenvalue weighted by Crippen LogP contribution is -2.37. The summed E-state index contributed by atoms with van der Waals surface area (Å²) in [6.07, 6.45) is 1.61. The smallest absolute Gasteiger partial charge is 0.231 e. The van der Waals surface area contributed by atoms with Crippen LogP contribution in [-0.2, 0) is 9.53 Å². The quantitative estimate of drug-likeness (QED) is 0.801. The molecule has 6 heteroatoms. The first-order chi connectivity index (χ1) is 8.08. The van der Waals surface area contributed by atoms with E-state index in [0.717, 1.165) is 10.2 Å². The predicted octanol–water partition coefficient (Wildman–Crippen LogP) is 1.06. The first kappa shape index (κ1) is 12.5. The van der Waals surface area contributed by atoms with E-state index < -0.39 is 0 Å². The molecule has 1 fully saturated rings. The molecular formula is C11H14BrN3O2. The molecule has 1 aliphatic heterocycles. The molecule has 2 atom stereocenters. The zero-order valence-corrected chi connectivity index (χ0v) is 11.0. The van der Waals surface area contributed by atoms with Crippen molar-refractivity contribution in [1.82, 2.24) is 4.98 Å². The van der Waals surface area contributed by atoms with Gasteiger partial charge in [0.1, 0.15) is 4.60 Å². The summed E-state index contributed by atoms with van der Waals surface area (Å²) in [6, 6.07) is 1.63. The lowest BCUT2D eigenvalue weighted by Gasteiger charge is -2.13. The molecule has 5 nitrogen and oxygen atoms in total. The van der Waals surface area contributed by atoms with Gasteiger partial charge in [0.05, 0.1) is 31.0 Å². The van der Waals surface area contributed by atoms with Crippen LogP contribution in [0.4, 0.5) is 5.69 Å². The molecule has 2 heterocycles. The standard InChI is InChI=1S/C11H14BrN3O2/c1-6-2-7(3-14-10(6)12)15-11(16)8-4-17-5-9(8)13/h2-3,8-9H,4-5,13H2,1H3,(H,15,16). The number of hydrogen-bond donors (Lipinski definition) is 2. The highest BCUT2D eigenvalue weighted by atomic mass is 79.9. The van der Waals surface area contributed by atoms with Crippen LogP contribution in [0.1, 0.15) is 5.56 Å². The minimum atomic E-state index is -0.279. The van der Waals surface area contributed by atoms with Crippen molar-refractivity contribution in [2.24, 2.45) is 11.7 Å². The summed E-state index contributed by atoms with van der Waals surface area (Å²) in [4.78, 5) is 16.0. The van der Waals surface area contributed by atoms with Gasteiger partial charge in [0.15, 0.2) is 0 Å². The average molecular weight is 300 g/mol. The van der Waals surface area contributed by atoms with Crippen molar-refractivity contribution in [2.45, 2.75) is 13.0 Å². The molecule has 0 bridgehead atoms. The highest BCUT2D eigenvalue weighted by molar-refractivity contribution is 9.10. The van der Waals surface area contributed by atoms with Gasteiger partial charge in [-0.3, -0.25) is 4.79 Å². The molecule has 17 heavy (non-hydrogen) atoms. The Balaban J connectivity index is 2.05. The van der Waals surface area contributed by atoms with Crippen molar-refractivity contribution in [1.29, 1.82) is 0 Å². The molecule has 0 aromatic carbocycles. The number of amides is 1. The van der Waals surface area contributed by atoms with E-state index in [9.17, 15) is 4.79 Å². The first-order valence-electron chi connectivity index (χ1n) is 5.34. The number of nitrogens with zero attached hydrogens (tertiary/aromatic N) is 1. The summed E-state index contributed by atoms with van der Waals surface area (Å²) in [5.41, 5.74) is 7.42. The second kappa shape index (κ2) is 5.12. The number of aromatic nitrogens is 1. The summed E-state index contributed by atoms with van der Waals surface area (Å²) in [7, 11) is 0. The van der Waals surface area contributed by atoms with Gasteiger partial charge in [-0.2, -0.15) is 0 Å². The third-order valence-corrected chi connectivity index (χ3v) is 3.57. The number of carbonyl (C=O) groups excluding carboxylic acids is 1. The van der Waals surface area contributed by atoms with Crippen molar-refractivity contribution in [3.63, 3.8) is 0 Å². The number of carbonyl (C=O) groups is 1. The van der Waals surface area contributed by atoms with E-state index in [1.807, 2.05) is 13.0 Å². The maximum absolute atomic E-state index is 11.9. The van der Waals surface area contributed by atoms with E-state index in [1.165, 1.54) is 0 Å². The van der Waals surface area contributed by atoms with E-state index in [-0.39, 0.29) is 17.9 Å². The SMILES string of the molecule is Cc1cc(NC(=O)C2COCC2N)cnc1Br. The molecule has 0 saturated carbocycles. The number of anilines is 1. The van der Waals surface area contributed by atoms with Crippen LogP contribution in [0.15, 0.2) is 16.9 Å². The van der Waals surface area contributed by atoms with Crippen molar-refractivity contribution in [3.05, 3.63) is 22.4 Å². The zero-order valence-electron chi connectivity index (χ0n) is 9.44. The van der Waals surface area contributed by atoms with Gasteiger partial charge < -0.3 is 15.8 Å². The Morgan fingerprint density at radius 1 is 1.65 bits per heavy atom. The third-order valence-electron chi connectivity index (χ3n) is 2.74. The second-order valence-electron chi connectivity index (χ2n) is 4.13. The number of hydrogen-bond acceptors (Lipinski definition) is 4. The molecule has 0 aliphatic carbocycles. The van der Waals surface area contributed by atoms with Crippen LogP contribution in [0, 0.1) is 12.8 Å². The average Bonchev–Trinajstić information content (AvgIpc) is 2.70. The Labute approximate surface area is 108 Å². The van der Waals surface area contributed by atoms with Crippen LogP contribution in [0.25, 0.3) is 0 Å². The second-order valence-corrected chi connectivity index (χ2v) is 4.88. The molecule has 92 valence electrons. The number of nitrogens with one attached hydrogen (secondary N) is 1. The molecule has 1 aromatic rings. The van der Waals surface area contributed by atoms with Gasteiger partial charge in [-0.15, -0.1) is 0 Å². The zero-order chi connectivity index (χ0) is 12.4. The molecule has 1 amide bonds. The Kier molecular flexibility index (Phi) is 3.76. The fourth-order valence-corrected chi connectivity index (χ4v) is 1.92. The molecule has 0 radical (unpaired) electrons. The minimum Gasteiger partial charge on any atom is -0.379 e. The molecule has 2 unspecified atom stereocenters. The molecule has 0 spiro atoms. The maximum Gasteiger partial charge on any atom is 0.231 e. The largest absolute Gasteiger partial charge is 0.379 e. The van der Waals surface area contributed by atoms with Crippen LogP contribution in [0.2, 0.25) is 0 Å². The van der Waals surface area contributed by atoms with Gasteiger partial charge in [0.2, 0.25) is 5.91 Å². The van der Waals surface area contributed by atoms with Gasteiger partial charge in [-0.05, 0) is 34.5 Å². The molecule has 1 aromatic heterocycles. The number of aryl methyl sites for hydroxylation is 1. The maximum atomic E-state index is 11.9. The van der Waals surface area contributed by atoms with Gasteiger partial charge >= 0.3 is 0 Å². The normalized spacial score (nSPS) is 23.7. The molecule has 2 rings (SSSR count). The van der Waals surface area contributed by atoms with E-state index >= 15 is 0 Å². The highest BCUT2D eigenvalue weighted by Gasteiger charge is 2.31. The monoisotopic (exact) mass is 299 g/mol. The van der Waals surface area contributed by atoms with Crippen LogP contribution < -0.4 is 11.1 Å². The van der Waals surface area contributed by atoms with Gasteiger partial charge in [0, 0.05) is 6.04 Å². The van der Waals surface area contributed by atoms with Crippen molar-refractivity contribution >= 4 is 27.5 Å². The molecule has 3 N–H and O–H groups in total. The van der Waals surface area contributed by atoms with Crippen molar-refractivity contribution in [3.8, 4) is 0 Å².